The van der Waals surface area contributed by atoms with Gasteiger partial charge in [0.25, 0.3) is 0 Å². The van der Waals surface area contributed by atoms with E-state index in [1.165, 1.54) is 12.5 Å². The van der Waals surface area contributed by atoms with Crippen LogP contribution in [-0.2, 0) is 9.53 Å². The molecule has 3 heterocycles. The number of ether oxygens (including phenoxy) is 1. The molecule has 1 atom stereocenters. The molecule has 1 amide bonds. The van der Waals surface area contributed by atoms with E-state index in [0.717, 1.165) is 45.7 Å². The lowest BCUT2D eigenvalue weighted by molar-refractivity contribution is -0.116. The second kappa shape index (κ2) is 7.61. The van der Waals surface area contributed by atoms with Crippen LogP contribution in [0.15, 0.2) is 28.9 Å². The lowest BCUT2D eigenvalue weighted by Crippen LogP contribution is -2.43. The van der Waals surface area contributed by atoms with Gasteiger partial charge in [-0.05, 0) is 56.5 Å². The standard InChI is InChI=1S/C17H24N2O3/c20-17(4-3-16-2-1-10-22-16)18-12-14-5-8-19(9-6-14)15-7-11-21-13-15/h1-4,10,14-15H,5-9,11-13H2,(H,18,20)/b4-3+/t15-/m0/s1. The molecule has 0 aliphatic carbocycles. The first-order chi connectivity index (χ1) is 10.8. The maximum atomic E-state index is 11.8. The van der Waals surface area contributed by atoms with Crippen molar-refractivity contribution in [2.24, 2.45) is 5.92 Å². The summed E-state index contributed by atoms with van der Waals surface area (Å²) in [5, 5.41) is 2.99. The molecule has 5 heteroatoms. The normalized spacial score (nSPS) is 24.1. The van der Waals surface area contributed by atoms with E-state index in [1.54, 1.807) is 18.4 Å². The molecule has 1 N–H and O–H groups in total. The van der Waals surface area contributed by atoms with Crippen LogP contribution < -0.4 is 5.32 Å². The summed E-state index contributed by atoms with van der Waals surface area (Å²) in [5.41, 5.74) is 0. The number of furan rings is 1. The molecule has 0 spiro atoms. The number of likely N-dealkylation sites (tertiary alicyclic amines) is 1. The number of hydrogen-bond acceptors (Lipinski definition) is 4. The van der Waals surface area contributed by atoms with E-state index in [2.05, 4.69) is 10.2 Å². The fourth-order valence-electron chi connectivity index (χ4n) is 3.18. The van der Waals surface area contributed by atoms with Gasteiger partial charge in [-0.15, -0.1) is 0 Å². The number of amides is 1. The van der Waals surface area contributed by atoms with Crippen molar-refractivity contribution in [1.82, 2.24) is 10.2 Å². The van der Waals surface area contributed by atoms with Crippen LogP contribution in [0.25, 0.3) is 6.08 Å². The largest absolute Gasteiger partial charge is 0.465 e. The van der Waals surface area contributed by atoms with E-state index in [-0.39, 0.29) is 5.91 Å². The van der Waals surface area contributed by atoms with Crippen molar-refractivity contribution in [3.63, 3.8) is 0 Å². The molecular formula is C17H24N2O3. The minimum Gasteiger partial charge on any atom is -0.465 e. The summed E-state index contributed by atoms with van der Waals surface area (Å²) in [5.74, 6) is 1.23. The quantitative estimate of drug-likeness (QED) is 0.844. The van der Waals surface area contributed by atoms with E-state index in [9.17, 15) is 4.79 Å². The van der Waals surface area contributed by atoms with Gasteiger partial charge >= 0.3 is 0 Å². The van der Waals surface area contributed by atoms with Crippen LogP contribution in [0.2, 0.25) is 0 Å². The number of piperidine rings is 1. The zero-order valence-electron chi connectivity index (χ0n) is 12.9. The van der Waals surface area contributed by atoms with E-state index in [1.807, 2.05) is 6.07 Å². The minimum atomic E-state index is -0.0528. The molecule has 1 aromatic rings. The number of carbonyl (C=O) groups excluding carboxylic acids is 1. The monoisotopic (exact) mass is 304 g/mol. The summed E-state index contributed by atoms with van der Waals surface area (Å²) in [6.07, 6.45) is 8.29. The summed E-state index contributed by atoms with van der Waals surface area (Å²) in [7, 11) is 0. The molecule has 0 bridgehead atoms. The van der Waals surface area contributed by atoms with E-state index < -0.39 is 0 Å². The van der Waals surface area contributed by atoms with Crippen LogP contribution in [-0.4, -0.2) is 49.7 Å². The van der Waals surface area contributed by atoms with E-state index in [4.69, 9.17) is 9.15 Å². The highest BCUT2D eigenvalue weighted by molar-refractivity contribution is 5.91. The van der Waals surface area contributed by atoms with Crippen LogP contribution >= 0.6 is 0 Å². The summed E-state index contributed by atoms with van der Waals surface area (Å²) in [4.78, 5) is 14.3. The smallest absolute Gasteiger partial charge is 0.244 e. The third-order valence-electron chi connectivity index (χ3n) is 4.58. The van der Waals surface area contributed by atoms with Gasteiger partial charge in [-0.2, -0.15) is 0 Å². The first-order valence-corrected chi connectivity index (χ1v) is 8.12. The van der Waals surface area contributed by atoms with Crippen LogP contribution in [0.5, 0.6) is 0 Å². The summed E-state index contributed by atoms with van der Waals surface area (Å²) >= 11 is 0. The highest BCUT2D eigenvalue weighted by Gasteiger charge is 2.27. The average Bonchev–Trinajstić information content (AvgIpc) is 3.24. The Balaban J connectivity index is 1.35. The van der Waals surface area contributed by atoms with Crippen molar-refractivity contribution in [1.29, 1.82) is 0 Å². The maximum absolute atomic E-state index is 11.8. The number of carbonyl (C=O) groups is 1. The van der Waals surface area contributed by atoms with Crippen molar-refractivity contribution in [2.45, 2.75) is 25.3 Å². The molecule has 5 nitrogen and oxygen atoms in total. The van der Waals surface area contributed by atoms with Crippen molar-refractivity contribution in [2.75, 3.05) is 32.8 Å². The van der Waals surface area contributed by atoms with Crippen LogP contribution in [0, 0.1) is 5.92 Å². The number of nitrogens with one attached hydrogen (secondary N) is 1. The molecule has 2 aliphatic heterocycles. The van der Waals surface area contributed by atoms with Crippen molar-refractivity contribution < 1.29 is 13.9 Å². The van der Waals surface area contributed by atoms with E-state index in [0.29, 0.717) is 17.7 Å². The first kappa shape index (κ1) is 15.3. The van der Waals surface area contributed by atoms with Gasteiger partial charge in [0.2, 0.25) is 5.91 Å². The predicted octanol–water partition coefficient (Wildman–Crippen LogP) is 1.91. The molecule has 0 saturated carbocycles. The first-order valence-electron chi connectivity index (χ1n) is 8.12. The lowest BCUT2D eigenvalue weighted by Gasteiger charge is -2.35. The average molecular weight is 304 g/mol. The SMILES string of the molecule is O=C(/C=C/c1ccco1)NCC1CCN([C@H]2CCOC2)CC1. The summed E-state index contributed by atoms with van der Waals surface area (Å²) in [6.45, 7) is 4.80. The Labute approximate surface area is 131 Å². The molecular weight excluding hydrogens is 280 g/mol. The Morgan fingerprint density at radius 2 is 2.23 bits per heavy atom. The van der Waals surface area contributed by atoms with Gasteiger partial charge in [0.15, 0.2) is 0 Å². The highest BCUT2D eigenvalue weighted by atomic mass is 16.5. The molecule has 0 radical (unpaired) electrons. The van der Waals surface area contributed by atoms with Crippen molar-refractivity contribution >= 4 is 12.0 Å². The van der Waals surface area contributed by atoms with Gasteiger partial charge in [-0.1, -0.05) is 0 Å². The third-order valence-corrected chi connectivity index (χ3v) is 4.58. The lowest BCUT2D eigenvalue weighted by atomic mass is 9.95. The number of rotatable bonds is 5. The van der Waals surface area contributed by atoms with Crippen molar-refractivity contribution in [3.05, 3.63) is 30.2 Å². The van der Waals surface area contributed by atoms with Gasteiger partial charge in [0.1, 0.15) is 5.76 Å². The molecule has 120 valence electrons. The Bertz CT molecular complexity index is 484. The molecule has 3 rings (SSSR count). The fraction of sp³-hybridized carbons (Fsp3) is 0.588. The Kier molecular flexibility index (Phi) is 5.29. The predicted molar refractivity (Wildman–Crippen MR) is 84.3 cm³/mol. The maximum Gasteiger partial charge on any atom is 0.244 e. The van der Waals surface area contributed by atoms with Crippen molar-refractivity contribution in [3.8, 4) is 0 Å². The van der Waals surface area contributed by atoms with Crippen LogP contribution in [0.1, 0.15) is 25.0 Å². The third kappa shape index (κ3) is 4.21. The Morgan fingerprint density at radius 1 is 1.36 bits per heavy atom. The van der Waals surface area contributed by atoms with Crippen LogP contribution in [0.3, 0.4) is 0 Å². The topological polar surface area (TPSA) is 54.7 Å². The highest BCUT2D eigenvalue weighted by Crippen LogP contribution is 2.21. The molecule has 2 aliphatic rings. The fourth-order valence-corrected chi connectivity index (χ4v) is 3.18. The Hall–Kier alpha value is -1.59. The molecule has 0 unspecified atom stereocenters. The number of hydrogen-bond donors (Lipinski definition) is 1. The van der Waals surface area contributed by atoms with Gasteiger partial charge in [0, 0.05) is 25.3 Å². The minimum absolute atomic E-state index is 0.0528. The molecule has 2 saturated heterocycles. The Morgan fingerprint density at radius 3 is 2.91 bits per heavy atom. The molecule has 1 aromatic heterocycles. The zero-order valence-corrected chi connectivity index (χ0v) is 12.9. The zero-order chi connectivity index (χ0) is 15.2. The molecule has 0 aromatic carbocycles. The molecule has 2 fully saturated rings. The number of nitrogens with zero attached hydrogens (tertiary/aromatic N) is 1. The summed E-state index contributed by atoms with van der Waals surface area (Å²) < 4.78 is 10.6. The van der Waals surface area contributed by atoms with Gasteiger partial charge in [0.05, 0.1) is 12.9 Å². The van der Waals surface area contributed by atoms with Crippen LogP contribution in [0.4, 0.5) is 0 Å². The second-order valence-corrected chi connectivity index (χ2v) is 6.09. The molecule has 22 heavy (non-hydrogen) atoms. The van der Waals surface area contributed by atoms with Gasteiger partial charge in [-0.25, -0.2) is 0 Å². The van der Waals surface area contributed by atoms with Gasteiger partial charge < -0.3 is 14.5 Å². The van der Waals surface area contributed by atoms with E-state index >= 15 is 0 Å². The van der Waals surface area contributed by atoms with Gasteiger partial charge in [-0.3, -0.25) is 9.69 Å². The summed E-state index contributed by atoms with van der Waals surface area (Å²) in [6, 6.07) is 4.25. The second-order valence-electron chi connectivity index (χ2n) is 6.09.